The van der Waals surface area contributed by atoms with Gasteiger partial charge in [-0.05, 0) is 77.9 Å². The lowest BCUT2D eigenvalue weighted by atomic mass is 10.1. The van der Waals surface area contributed by atoms with E-state index in [9.17, 15) is 27.6 Å². The molecule has 2 aromatic carbocycles. The summed E-state index contributed by atoms with van der Waals surface area (Å²) in [5, 5.41) is 8.64. The number of halogens is 4. The van der Waals surface area contributed by atoms with Crippen molar-refractivity contribution in [1.82, 2.24) is 0 Å². The minimum Gasteiger partial charge on any atom is -0.478 e. The van der Waals surface area contributed by atoms with Crippen LogP contribution < -0.4 is 0 Å². The summed E-state index contributed by atoms with van der Waals surface area (Å²) in [5.41, 5.74) is -1.88. The number of alkyl halides is 1. The lowest BCUT2D eigenvalue weighted by molar-refractivity contribution is 0.00517. The van der Waals surface area contributed by atoms with Gasteiger partial charge in [0.05, 0.1) is 25.2 Å². The predicted octanol–water partition coefficient (Wildman–Crippen LogP) is 7.24. The van der Waals surface area contributed by atoms with E-state index >= 15 is 0 Å². The van der Waals surface area contributed by atoms with E-state index in [1.807, 2.05) is 0 Å². The van der Waals surface area contributed by atoms with Gasteiger partial charge in [-0.15, -0.1) is 0 Å². The third kappa shape index (κ3) is 13.0. The molecule has 0 heterocycles. The van der Waals surface area contributed by atoms with Crippen molar-refractivity contribution in [3.05, 3.63) is 69.2 Å². The maximum absolute atomic E-state index is 13.5. The summed E-state index contributed by atoms with van der Waals surface area (Å²) in [6.07, 6.45) is 0. The fourth-order valence-corrected chi connectivity index (χ4v) is 2.47. The molecule has 196 valence electrons. The van der Waals surface area contributed by atoms with E-state index in [2.05, 4.69) is 15.9 Å². The number of aromatic carboxylic acids is 1. The normalized spacial score (nSPS) is 10.7. The Kier molecular flexibility index (Phi) is 13.3. The largest absolute Gasteiger partial charge is 0.478 e. The fraction of sp³-hybridized carbons (Fsp3) is 0.400. The third-order valence-electron chi connectivity index (χ3n) is 3.38. The molecule has 0 spiro atoms. The Bertz CT molecular complexity index is 1030. The highest BCUT2D eigenvalue weighted by molar-refractivity contribution is 9.10. The minimum absolute atomic E-state index is 0. The van der Waals surface area contributed by atoms with E-state index < -0.39 is 47.9 Å². The van der Waals surface area contributed by atoms with Crippen LogP contribution in [0.2, 0.25) is 0 Å². The molecule has 0 saturated heterocycles. The molecule has 0 fully saturated rings. The highest BCUT2D eigenvalue weighted by Gasteiger charge is 2.22. The molecule has 0 aliphatic carbocycles. The molecule has 10 heteroatoms. The molecule has 1 N–H and O–H groups in total. The summed E-state index contributed by atoms with van der Waals surface area (Å²) in [5.74, 6) is -4.20. The number of ether oxygens (including phenoxy) is 2. The van der Waals surface area contributed by atoms with Crippen molar-refractivity contribution in [2.45, 2.75) is 60.2 Å². The van der Waals surface area contributed by atoms with Crippen LogP contribution in [-0.4, -0.2) is 41.4 Å². The molecule has 6 nitrogen and oxygen atoms in total. The summed E-state index contributed by atoms with van der Waals surface area (Å²) in [7, 11) is -1.00. The quantitative estimate of drug-likeness (QED) is 0.394. The first kappa shape index (κ1) is 32.1. The van der Waals surface area contributed by atoms with Crippen LogP contribution in [0, 0.1) is 11.6 Å². The van der Waals surface area contributed by atoms with Gasteiger partial charge in [-0.25, -0.2) is 23.2 Å². The van der Waals surface area contributed by atoms with E-state index in [1.54, 1.807) is 47.6 Å². The van der Waals surface area contributed by atoms with Gasteiger partial charge < -0.3 is 14.6 Å². The van der Waals surface area contributed by atoms with Crippen LogP contribution in [0.1, 0.15) is 81.4 Å². The zero-order valence-corrected chi connectivity index (χ0v) is 21.3. The summed E-state index contributed by atoms with van der Waals surface area (Å²) in [6.45, 7) is 10.2. The molecule has 35 heavy (non-hydrogen) atoms. The van der Waals surface area contributed by atoms with E-state index in [4.69, 9.17) is 16.0 Å². The van der Waals surface area contributed by atoms with Crippen molar-refractivity contribution >= 4 is 33.8 Å². The van der Waals surface area contributed by atoms with Gasteiger partial charge in [-0.3, -0.25) is 4.39 Å². The van der Waals surface area contributed by atoms with Crippen LogP contribution in [0.4, 0.5) is 13.2 Å². The Hall–Kier alpha value is -2.88. The standard InChI is InChI=1S/C12H13FO4.C11H12BrFO2.CH3F.CH4/c1-12(2,3)17-11(16)8-5-4-7(10(14)15)6-9(8)13;1-11(2,3)15-10(14)8-5-4-7(12)6-9(8)13;1-2;/h4-6H,1-3H3,(H,14,15);4-6H,1-3H3;1H3;1H4/i;;1D;. The second kappa shape index (κ2) is 14.5. The molecule has 0 bridgehead atoms. The second-order valence-electron chi connectivity index (χ2n) is 8.63. The minimum atomic E-state index is -1.25. The molecule has 0 aliphatic rings. The summed E-state index contributed by atoms with van der Waals surface area (Å²) in [4.78, 5) is 33.6. The number of hydrogen-bond acceptors (Lipinski definition) is 5. The number of esters is 2. The van der Waals surface area contributed by atoms with Crippen LogP contribution in [-0.2, 0) is 9.47 Å². The van der Waals surface area contributed by atoms with Crippen molar-refractivity contribution in [3.8, 4) is 0 Å². The Balaban J connectivity index is 0. The molecule has 2 rings (SSSR count). The van der Waals surface area contributed by atoms with Crippen molar-refractivity contribution in [2.24, 2.45) is 0 Å². The number of benzene rings is 2. The van der Waals surface area contributed by atoms with Gasteiger partial charge in [0.15, 0.2) is 0 Å². The number of carboxylic acids is 1. The molecule has 0 atom stereocenters. The molecule has 0 saturated carbocycles. The van der Waals surface area contributed by atoms with Gasteiger partial charge in [-0.2, -0.15) is 0 Å². The molecule has 0 radical (unpaired) electrons. The highest BCUT2D eigenvalue weighted by Crippen LogP contribution is 2.19. The molecule has 0 aliphatic heterocycles. The SMILES string of the molecule is C.CC(C)(C)OC(=O)c1ccc(Br)cc1F.CC(C)(C)OC(=O)c1ccc(C(=O)O)cc1F.[2H]CF. The molecular formula is C25H32BrF3O6. The molecule has 0 unspecified atom stereocenters. The van der Waals surface area contributed by atoms with Gasteiger partial charge in [0, 0.05) is 4.47 Å². The molecule has 0 aromatic heterocycles. The Morgan fingerprint density at radius 1 is 0.857 bits per heavy atom. The number of carbonyl (C=O) groups is 3. The Morgan fingerprint density at radius 3 is 1.54 bits per heavy atom. The van der Waals surface area contributed by atoms with Gasteiger partial charge in [-0.1, -0.05) is 23.4 Å². The van der Waals surface area contributed by atoms with Crippen molar-refractivity contribution < 1.29 is 43.5 Å². The van der Waals surface area contributed by atoms with E-state index in [0.717, 1.165) is 18.2 Å². The average molecular weight is 566 g/mol. The van der Waals surface area contributed by atoms with Gasteiger partial charge >= 0.3 is 17.9 Å². The van der Waals surface area contributed by atoms with Crippen LogP contribution in [0.3, 0.4) is 0 Å². The third-order valence-corrected chi connectivity index (χ3v) is 3.88. The highest BCUT2D eigenvalue weighted by atomic mass is 79.9. The van der Waals surface area contributed by atoms with E-state index in [-0.39, 0.29) is 24.1 Å². The zero-order valence-electron chi connectivity index (χ0n) is 20.7. The maximum Gasteiger partial charge on any atom is 0.341 e. The lowest BCUT2D eigenvalue weighted by Crippen LogP contribution is -2.24. The van der Waals surface area contributed by atoms with Crippen LogP contribution in [0.25, 0.3) is 0 Å². The summed E-state index contributed by atoms with van der Waals surface area (Å²) >= 11 is 3.11. The van der Waals surface area contributed by atoms with Crippen molar-refractivity contribution in [3.63, 3.8) is 0 Å². The smallest absolute Gasteiger partial charge is 0.341 e. The average Bonchev–Trinajstić information content (AvgIpc) is 2.66. The Labute approximate surface area is 214 Å². The fourth-order valence-electron chi connectivity index (χ4n) is 2.13. The predicted molar refractivity (Wildman–Crippen MR) is 132 cm³/mol. The van der Waals surface area contributed by atoms with Crippen LogP contribution >= 0.6 is 15.9 Å². The first-order valence-corrected chi connectivity index (χ1v) is 10.5. The van der Waals surface area contributed by atoms with Crippen LogP contribution in [0.5, 0.6) is 0 Å². The van der Waals surface area contributed by atoms with E-state index in [0.29, 0.717) is 4.47 Å². The van der Waals surface area contributed by atoms with Crippen LogP contribution in [0.15, 0.2) is 40.9 Å². The topological polar surface area (TPSA) is 89.9 Å². The maximum atomic E-state index is 13.5. The summed E-state index contributed by atoms with van der Waals surface area (Å²) in [6, 6.07) is 7.29. The Morgan fingerprint density at radius 2 is 1.23 bits per heavy atom. The number of hydrogen-bond donors (Lipinski definition) is 1. The number of carboxylic acid groups (broad SMARTS) is 1. The summed E-state index contributed by atoms with van der Waals surface area (Å²) < 4.78 is 52.9. The van der Waals surface area contributed by atoms with Crippen molar-refractivity contribution in [2.75, 3.05) is 7.15 Å². The zero-order chi connectivity index (χ0) is 27.6. The van der Waals surface area contributed by atoms with E-state index in [1.165, 1.54) is 12.1 Å². The second-order valence-corrected chi connectivity index (χ2v) is 9.54. The van der Waals surface area contributed by atoms with Gasteiger partial charge in [0.1, 0.15) is 22.8 Å². The van der Waals surface area contributed by atoms with Crippen molar-refractivity contribution in [1.29, 1.82) is 0 Å². The molecule has 0 amide bonds. The van der Waals surface area contributed by atoms with Gasteiger partial charge in [0.25, 0.3) is 0 Å². The number of carbonyl (C=O) groups excluding carboxylic acids is 2. The first-order valence-electron chi connectivity index (χ1n) is 10.4. The van der Waals surface area contributed by atoms with Gasteiger partial charge in [0.2, 0.25) is 0 Å². The lowest BCUT2D eigenvalue weighted by Gasteiger charge is -2.19. The monoisotopic (exact) mass is 565 g/mol. The number of rotatable bonds is 3. The molecule has 2 aromatic rings. The molecular weight excluding hydrogens is 533 g/mol. The first-order chi connectivity index (χ1) is 15.9.